The summed E-state index contributed by atoms with van der Waals surface area (Å²) in [6.07, 6.45) is 1.07. The Morgan fingerprint density at radius 1 is 1.33 bits per heavy atom. The first-order chi connectivity index (χ1) is 9.86. The van der Waals surface area contributed by atoms with Gasteiger partial charge in [0.15, 0.2) is 5.11 Å². The highest BCUT2D eigenvalue weighted by Crippen LogP contribution is 2.13. The summed E-state index contributed by atoms with van der Waals surface area (Å²) in [7, 11) is -3.73. The predicted molar refractivity (Wildman–Crippen MR) is 81.2 cm³/mol. The van der Waals surface area contributed by atoms with Crippen molar-refractivity contribution in [3.63, 3.8) is 0 Å². The molecule has 1 aliphatic heterocycles. The third kappa shape index (κ3) is 4.46. The molecule has 0 spiro atoms. The SMILES string of the molecule is NS(=O)(=O)c1ccc(NC(=S)NC(=O)C2CCCO2)cc1. The van der Waals surface area contributed by atoms with Gasteiger partial charge in [0.1, 0.15) is 6.10 Å². The van der Waals surface area contributed by atoms with E-state index < -0.39 is 16.1 Å². The molecule has 21 heavy (non-hydrogen) atoms. The van der Waals surface area contributed by atoms with Crippen molar-refractivity contribution in [2.24, 2.45) is 5.14 Å². The molecule has 1 heterocycles. The number of amides is 1. The monoisotopic (exact) mass is 329 g/mol. The van der Waals surface area contributed by atoms with Crippen molar-refractivity contribution in [3.8, 4) is 0 Å². The summed E-state index contributed by atoms with van der Waals surface area (Å²) in [5, 5.41) is 10.4. The Labute approximate surface area is 127 Å². The van der Waals surface area contributed by atoms with E-state index in [0.29, 0.717) is 18.7 Å². The van der Waals surface area contributed by atoms with Gasteiger partial charge in [0.25, 0.3) is 5.91 Å². The van der Waals surface area contributed by atoms with E-state index in [4.69, 9.17) is 22.1 Å². The Kier molecular flexibility index (Phi) is 4.88. The summed E-state index contributed by atoms with van der Waals surface area (Å²) in [4.78, 5) is 11.8. The number of benzene rings is 1. The van der Waals surface area contributed by atoms with Crippen LogP contribution >= 0.6 is 12.2 Å². The molecular weight excluding hydrogens is 314 g/mol. The van der Waals surface area contributed by atoms with Crippen molar-refractivity contribution in [2.75, 3.05) is 11.9 Å². The quantitative estimate of drug-likeness (QED) is 0.689. The Bertz CT molecular complexity index is 637. The third-order valence-corrected chi connectivity index (χ3v) is 4.03. The standard InChI is InChI=1S/C12H15N3O4S2/c13-21(17,18)9-5-3-8(4-6-9)14-12(20)15-11(16)10-2-1-7-19-10/h3-6,10H,1-2,7H2,(H2,13,17,18)(H2,14,15,16,20). The average molecular weight is 329 g/mol. The molecule has 1 fully saturated rings. The number of anilines is 1. The van der Waals surface area contributed by atoms with Crippen molar-refractivity contribution in [2.45, 2.75) is 23.8 Å². The number of ether oxygens (including phenoxy) is 1. The summed E-state index contributed by atoms with van der Waals surface area (Å²) in [5.41, 5.74) is 0.542. The number of carbonyl (C=O) groups excluding carboxylic acids is 1. The first kappa shape index (κ1) is 15.8. The zero-order chi connectivity index (χ0) is 15.5. The zero-order valence-electron chi connectivity index (χ0n) is 11.0. The molecule has 1 aromatic carbocycles. The van der Waals surface area contributed by atoms with Gasteiger partial charge >= 0.3 is 0 Å². The number of nitrogens with one attached hydrogen (secondary N) is 2. The van der Waals surface area contributed by atoms with E-state index >= 15 is 0 Å². The van der Waals surface area contributed by atoms with Gasteiger partial charge in [-0.25, -0.2) is 13.6 Å². The molecule has 0 radical (unpaired) electrons. The second-order valence-corrected chi connectivity index (χ2v) is 6.48. The first-order valence-corrected chi connectivity index (χ1v) is 8.18. The van der Waals surface area contributed by atoms with Crippen LogP contribution in [-0.2, 0) is 19.6 Å². The largest absolute Gasteiger partial charge is 0.368 e. The number of primary sulfonamides is 1. The summed E-state index contributed by atoms with van der Waals surface area (Å²) < 4.78 is 27.5. The van der Waals surface area contributed by atoms with E-state index in [1.807, 2.05) is 0 Å². The number of carbonyl (C=O) groups is 1. The minimum absolute atomic E-state index is 0.00218. The van der Waals surface area contributed by atoms with Crippen LogP contribution in [0.2, 0.25) is 0 Å². The van der Waals surface area contributed by atoms with Crippen LogP contribution in [0.3, 0.4) is 0 Å². The summed E-state index contributed by atoms with van der Waals surface area (Å²) in [6, 6.07) is 5.71. The summed E-state index contributed by atoms with van der Waals surface area (Å²) in [6.45, 7) is 0.577. The minimum atomic E-state index is -3.73. The lowest BCUT2D eigenvalue weighted by Gasteiger charge is -2.12. The lowest BCUT2D eigenvalue weighted by molar-refractivity contribution is -0.128. The van der Waals surface area contributed by atoms with Crippen LogP contribution in [0.4, 0.5) is 5.69 Å². The molecule has 114 valence electrons. The van der Waals surface area contributed by atoms with Crippen molar-refractivity contribution in [1.82, 2.24) is 5.32 Å². The van der Waals surface area contributed by atoms with Crippen LogP contribution in [0, 0.1) is 0 Å². The predicted octanol–water partition coefficient (Wildman–Crippen LogP) is 0.326. The molecule has 1 aromatic rings. The molecule has 0 saturated carbocycles. The van der Waals surface area contributed by atoms with Crippen LogP contribution in [-0.4, -0.2) is 32.1 Å². The molecule has 1 atom stereocenters. The molecule has 1 saturated heterocycles. The van der Waals surface area contributed by atoms with E-state index in [-0.39, 0.29) is 15.9 Å². The van der Waals surface area contributed by atoms with Gasteiger partial charge in [0.05, 0.1) is 4.90 Å². The lowest BCUT2D eigenvalue weighted by atomic mass is 10.2. The van der Waals surface area contributed by atoms with Crippen molar-refractivity contribution in [1.29, 1.82) is 0 Å². The number of sulfonamides is 1. The molecule has 1 amide bonds. The second-order valence-electron chi connectivity index (χ2n) is 4.51. The third-order valence-electron chi connectivity index (χ3n) is 2.90. The Hall–Kier alpha value is -1.55. The van der Waals surface area contributed by atoms with Gasteiger partial charge in [-0.3, -0.25) is 4.79 Å². The highest BCUT2D eigenvalue weighted by molar-refractivity contribution is 7.89. The summed E-state index contributed by atoms with van der Waals surface area (Å²) >= 11 is 5.01. The van der Waals surface area contributed by atoms with E-state index in [2.05, 4.69) is 10.6 Å². The van der Waals surface area contributed by atoms with Gasteiger partial charge < -0.3 is 15.4 Å². The Balaban J connectivity index is 1.92. The number of thiocarbonyl (C=S) groups is 1. The maximum Gasteiger partial charge on any atom is 0.255 e. The maximum absolute atomic E-state index is 11.8. The van der Waals surface area contributed by atoms with Gasteiger partial charge in [0, 0.05) is 12.3 Å². The van der Waals surface area contributed by atoms with E-state index in [1.54, 1.807) is 0 Å². The smallest absolute Gasteiger partial charge is 0.255 e. The van der Waals surface area contributed by atoms with E-state index in [0.717, 1.165) is 6.42 Å². The lowest BCUT2D eigenvalue weighted by Crippen LogP contribution is -2.40. The van der Waals surface area contributed by atoms with Crippen molar-refractivity contribution in [3.05, 3.63) is 24.3 Å². The number of nitrogens with two attached hydrogens (primary N) is 1. The number of rotatable bonds is 3. The van der Waals surface area contributed by atoms with Crippen molar-refractivity contribution < 1.29 is 17.9 Å². The van der Waals surface area contributed by atoms with E-state index in [9.17, 15) is 13.2 Å². The van der Waals surface area contributed by atoms with Gasteiger partial charge in [-0.1, -0.05) is 0 Å². The molecule has 2 rings (SSSR count). The number of hydrogen-bond donors (Lipinski definition) is 3. The number of hydrogen-bond acceptors (Lipinski definition) is 5. The van der Waals surface area contributed by atoms with Crippen LogP contribution in [0.5, 0.6) is 0 Å². The van der Waals surface area contributed by atoms with Crippen LogP contribution < -0.4 is 15.8 Å². The topological polar surface area (TPSA) is 111 Å². The molecule has 0 aromatic heterocycles. The van der Waals surface area contributed by atoms with Gasteiger partial charge in [0.2, 0.25) is 10.0 Å². The minimum Gasteiger partial charge on any atom is -0.368 e. The second kappa shape index (κ2) is 6.48. The molecule has 0 bridgehead atoms. The Morgan fingerprint density at radius 2 is 2.00 bits per heavy atom. The molecule has 4 N–H and O–H groups in total. The van der Waals surface area contributed by atoms with Gasteiger partial charge in [-0.2, -0.15) is 0 Å². The molecular formula is C12H15N3O4S2. The van der Waals surface area contributed by atoms with Crippen LogP contribution in [0.15, 0.2) is 29.2 Å². The molecule has 1 aliphatic rings. The summed E-state index contributed by atoms with van der Waals surface area (Å²) in [5.74, 6) is -0.286. The fourth-order valence-electron chi connectivity index (χ4n) is 1.87. The molecule has 7 nitrogen and oxygen atoms in total. The molecule has 9 heteroatoms. The molecule has 0 aliphatic carbocycles. The fourth-order valence-corrected chi connectivity index (χ4v) is 2.60. The molecule has 1 unspecified atom stereocenters. The average Bonchev–Trinajstić information content (AvgIpc) is 2.92. The zero-order valence-corrected chi connectivity index (χ0v) is 12.7. The van der Waals surface area contributed by atoms with Gasteiger partial charge in [-0.05, 0) is 49.3 Å². The van der Waals surface area contributed by atoms with Crippen LogP contribution in [0.25, 0.3) is 0 Å². The van der Waals surface area contributed by atoms with Crippen molar-refractivity contribution >= 4 is 38.9 Å². The van der Waals surface area contributed by atoms with E-state index in [1.165, 1.54) is 24.3 Å². The first-order valence-electron chi connectivity index (χ1n) is 6.22. The maximum atomic E-state index is 11.8. The Morgan fingerprint density at radius 3 is 2.52 bits per heavy atom. The highest BCUT2D eigenvalue weighted by Gasteiger charge is 2.24. The van der Waals surface area contributed by atoms with Crippen LogP contribution in [0.1, 0.15) is 12.8 Å². The van der Waals surface area contributed by atoms with Gasteiger partial charge in [-0.15, -0.1) is 0 Å². The normalized spacial score (nSPS) is 18.2. The highest BCUT2D eigenvalue weighted by atomic mass is 32.2. The fraction of sp³-hybridized carbons (Fsp3) is 0.333.